The lowest BCUT2D eigenvalue weighted by atomic mass is 9.49. The number of hydrogen-bond donors (Lipinski definition) is 1. The zero-order valence-corrected chi connectivity index (χ0v) is 13.4. The molecule has 0 unspecified atom stereocenters. The molecule has 4 aliphatic rings. The van der Waals surface area contributed by atoms with Crippen molar-refractivity contribution in [2.45, 2.75) is 46.0 Å². The summed E-state index contributed by atoms with van der Waals surface area (Å²) in [6.07, 6.45) is 18.5. The second kappa shape index (κ2) is 4.59. The average molecular weight is 284 g/mol. The topological polar surface area (TPSA) is 20.2 Å². The van der Waals surface area contributed by atoms with Gasteiger partial charge in [0.05, 0.1) is 0 Å². The molecule has 114 valence electrons. The Balaban J connectivity index is 1.73. The normalized spacial score (nSPS) is 51.1. The van der Waals surface area contributed by atoms with Crippen molar-refractivity contribution in [3.05, 3.63) is 36.0 Å². The summed E-state index contributed by atoms with van der Waals surface area (Å²) in [7, 11) is 0. The first-order chi connectivity index (χ1) is 10.1. The molecule has 0 bridgehead atoms. The highest BCUT2D eigenvalue weighted by Gasteiger charge is 2.56. The molecule has 0 aromatic carbocycles. The minimum atomic E-state index is 0.260. The van der Waals surface area contributed by atoms with Crippen LogP contribution in [0.25, 0.3) is 0 Å². The van der Waals surface area contributed by atoms with E-state index in [9.17, 15) is 5.11 Å². The molecule has 0 heterocycles. The zero-order valence-electron chi connectivity index (χ0n) is 13.4. The van der Waals surface area contributed by atoms with Crippen molar-refractivity contribution >= 4 is 0 Å². The molecule has 4 rings (SSSR count). The summed E-state index contributed by atoms with van der Waals surface area (Å²) >= 11 is 0. The molecule has 2 fully saturated rings. The van der Waals surface area contributed by atoms with Gasteiger partial charge in [0.15, 0.2) is 0 Å². The summed E-state index contributed by atoms with van der Waals surface area (Å²) in [5, 5.41) is 9.77. The third kappa shape index (κ3) is 1.73. The van der Waals surface area contributed by atoms with E-state index in [0.717, 1.165) is 18.3 Å². The Bertz CT molecular complexity index is 528. The molecule has 2 saturated carbocycles. The lowest BCUT2D eigenvalue weighted by Gasteiger charge is -2.55. The molecule has 1 heteroatoms. The Morgan fingerprint density at radius 3 is 2.86 bits per heavy atom. The van der Waals surface area contributed by atoms with E-state index in [1.165, 1.54) is 25.7 Å². The molecule has 21 heavy (non-hydrogen) atoms. The van der Waals surface area contributed by atoms with Gasteiger partial charge in [-0.2, -0.15) is 0 Å². The highest BCUT2D eigenvalue weighted by molar-refractivity contribution is 5.40. The highest BCUT2D eigenvalue weighted by Crippen LogP contribution is 2.64. The second-order valence-corrected chi connectivity index (χ2v) is 8.23. The van der Waals surface area contributed by atoms with Crippen LogP contribution in [0.2, 0.25) is 0 Å². The first-order valence-electron chi connectivity index (χ1n) is 8.77. The number of hydrogen-bond acceptors (Lipinski definition) is 1. The lowest BCUT2D eigenvalue weighted by molar-refractivity contribution is -0.0117. The fraction of sp³-hybridized carbons (Fsp3) is 0.700. The van der Waals surface area contributed by atoms with E-state index in [4.69, 9.17) is 0 Å². The van der Waals surface area contributed by atoms with Gasteiger partial charge in [-0.1, -0.05) is 44.2 Å². The van der Waals surface area contributed by atoms with Crippen molar-refractivity contribution in [1.82, 2.24) is 0 Å². The summed E-state index contributed by atoms with van der Waals surface area (Å²) in [5.74, 6) is 2.79. The van der Waals surface area contributed by atoms with Gasteiger partial charge in [-0.15, -0.1) is 0 Å². The molecule has 1 N–H and O–H groups in total. The van der Waals surface area contributed by atoms with E-state index >= 15 is 0 Å². The minimum Gasteiger partial charge on any atom is -0.396 e. The van der Waals surface area contributed by atoms with E-state index in [1.807, 2.05) is 0 Å². The summed E-state index contributed by atoms with van der Waals surface area (Å²) in [6.45, 7) is 5.30. The van der Waals surface area contributed by atoms with E-state index in [0.29, 0.717) is 23.9 Å². The SMILES string of the molecule is C[C@]12CC[C@H]3[C@@H](C=CC4=CCC=C[C@@]43C)[C@@H]1CC[C@H]2CO. The van der Waals surface area contributed by atoms with Crippen LogP contribution in [0.1, 0.15) is 46.0 Å². The first-order valence-corrected chi connectivity index (χ1v) is 8.77. The van der Waals surface area contributed by atoms with Crippen LogP contribution in [0.5, 0.6) is 0 Å². The molecular formula is C20H28O. The van der Waals surface area contributed by atoms with E-state index in [2.05, 4.69) is 44.2 Å². The Kier molecular flexibility index (Phi) is 3.02. The third-order valence-corrected chi connectivity index (χ3v) is 7.58. The molecule has 0 aliphatic heterocycles. The van der Waals surface area contributed by atoms with Gasteiger partial charge >= 0.3 is 0 Å². The van der Waals surface area contributed by atoms with Gasteiger partial charge in [0.25, 0.3) is 0 Å². The van der Waals surface area contributed by atoms with Gasteiger partial charge in [-0.25, -0.2) is 0 Å². The maximum atomic E-state index is 9.77. The summed E-state index contributed by atoms with van der Waals surface area (Å²) in [5.41, 5.74) is 2.18. The fourth-order valence-corrected chi connectivity index (χ4v) is 6.20. The molecule has 0 aromatic rings. The van der Waals surface area contributed by atoms with Crippen LogP contribution in [0, 0.1) is 34.5 Å². The second-order valence-electron chi connectivity index (χ2n) is 8.23. The van der Waals surface area contributed by atoms with Gasteiger partial charge in [0.2, 0.25) is 0 Å². The molecule has 0 spiro atoms. The Hall–Kier alpha value is -0.820. The maximum Gasteiger partial charge on any atom is 0.0464 e. The standard InChI is InChI=1S/C20H28O/c1-19-11-4-3-5-14(19)6-8-16-17-9-7-15(13-21)20(17,2)12-10-18(16)19/h4-6,8,11,15-18,21H,3,7,9-10,12-13H2,1-2H3/t15-,16-,17-,18-,19-,20+/m0/s1. The summed E-state index contributed by atoms with van der Waals surface area (Å²) < 4.78 is 0. The van der Waals surface area contributed by atoms with Crippen LogP contribution >= 0.6 is 0 Å². The number of rotatable bonds is 1. The Labute approximate surface area is 128 Å². The Morgan fingerprint density at radius 1 is 1.19 bits per heavy atom. The average Bonchev–Trinajstić information content (AvgIpc) is 2.83. The van der Waals surface area contributed by atoms with Crippen LogP contribution in [-0.4, -0.2) is 11.7 Å². The molecule has 1 nitrogen and oxygen atoms in total. The van der Waals surface area contributed by atoms with Crippen molar-refractivity contribution in [2.24, 2.45) is 34.5 Å². The van der Waals surface area contributed by atoms with Gasteiger partial charge in [0.1, 0.15) is 0 Å². The maximum absolute atomic E-state index is 9.77. The minimum absolute atomic E-state index is 0.260. The number of allylic oxidation sites excluding steroid dienone is 6. The predicted molar refractivity (Wildman–Crippen MR) is 86.7 cm³/mol. The molecular weight excluding hydrogens is 256 g/mol. The smallest absolute Gasteiger partial charge is 0.0464 e. The van der Waals surface area contributed by atoms with Crippen LogP contribution < -0.4 is 0 Å². The van der Waals surface area contributed by atoms with Gasteiger partial charge in [0, 0.05) is 12.0 Å². The number of aliphatic hydroxyl groups is 1. The van der Waals surface area contributed by atoms with E-state index < -0.39 is 0 Å². The quantitative estimate of drug-likeness (QED) is 0.703. The summed E-state index contributed by atoms with van der Waals surface area (Å²) in [4.78, 5) is 0. The van der Waals surface area contributed by atoms with E-state index in [1.54, 1.807) is 5.57 Å². The fourth-order valence-electron chi connectivity index (χ4n) is 6.20. The van der Waals surface area contributed by atoms with Crippen LogP contribution in [0.15, 0.2) is 36.0 Å². The van der Waals surface area contributed by atoms with Crippen LogP contribution in [0.3, 0.4) is 0 Å². The molecule has 0 amide bonds. The first kappa shape index (κ1) is 13.8. The summed E-state index contributed by atoms with van der Waals surface area (Å²) in [6, 6.07) is 0. The van der Waals surface area contributed by atoms with Crippen molar-refractivity contribution in [3.8, 4) is 0 Å². The van der Waals surface area contributed by atoms with Gasteiger partial charge in [-0.3, -0.25) is 0 Å². The van der Waals surface area contributed by atoms with Gasteiger partial charge < -0.3 is 5.11 Å². The van der Waals surface area contributed by atoms with Crippen molar-refractivity contribution in [2.75, 3.05) is 6.61 Å². The highest BCUT2D eigenvalue weighted by atomic mass is 16.3. The zero-order chi connectivity index (χ0) is 14.7. The molecule has 0 aromatic heterocycles. The largest absolute Gasteiger partial charge is 0.396 e. The van der Waals surface area contributed by atoms with Gasteiger partial charge in [-0.05, 0) is 66.8 Å². The monoisotopic (exact) mass is 284 g/mol. The predicted octanol–water partition coefficient (Wildman–Crippen LogP) is 4.50. The van der Waals surface area contributed by atoms with Crippen molar-refractivity contribution < 1.29 is 5.11 Å². The number of aliphatic hydroxyl groups excluding tert-OH is 1. The van der Waals surface area contributed by atoms with Crippen molar-refractivity contribution in [3.63, 3.8) is 0 Å². The molecule has 0 radical (unpaired) electrons. The third-order valence-electron chi connectivity index (χ3n) is 7.58. The van der Waals surface area contributed by atoms with Crippen LogP contribution in [0.4, 0.5) is 0 Å². The molecule has 4 aliphatic carbocycles. The van der Waals surface area contributed by atoms with E-state index in [-0.39, 0.29) is 5.41 Å². The molecule has 6 atom stereocenters. The number of fused-ring (bicyclic) bond motifs is 5. The van der Waals surface area contributed by atoms with Crippen molar-refractivity contribution in [1.29, 1.82) is 0 Å². The lowest BCUT2D eigenvalue weighted by Crippen LogP contribution is -2.48. The molecule has 0 saturated heterocycles. The van der Waals surface area contributed by atoms with Crippen LogP contribution in [-0.2, 0) is 0 Å². The Morgan fingerprint density at radius 2 is 2.05 bits per heavy atom.